The van der Waals surface area contributed by atoms with Gasteiger partial charge in [0.15, 0.2) is 0 Å². The summed E-state index contributed by atoms with van der Waals surface area (Å²) in [6.45, 7) is 4.65. The van der Waals surface area contributed by atoms with Crippen LogP contribution in [0.1, 0.15) is 46.1 Å². The van der Waals surface area contributed by atoms with Gasteiger partial charge in [-0.05, 0) is 44.5 Å². The SMILES string of the molecule is Cc1ccccc1CNC(=O)c1cncc(C2CCCN(C)C2)n1. The number of carbonyl (C=O) groups excluding carboxylic acids is 1. The number of aromatic nitrogens is 2. The van der Waals surface area contributed by atoms with Crippen LogP contribution in [0, 0.1) is 6.92 Å². The lowest BCUT2D eigenvalue weighted by molar-refractivity contribution is 0.0945. The van der Waals surface area contributed by atoms with Crippen molar-refractivity contribution in [3.05, 3.63) is 59.2 Å². The summed E-state index contributed by atoms with van der Waals surface area (Å²) in [5, 5.41) is 2.94. The molecule has 1 aromatic heterocycles. The Hall–Kier alpha value is -2.27. The summed E-state index contributed by atoms with van der Waals surface area (Å²) in [6, 6.07) is 8.04. The average Bonchev–Trinajstić information content (AvgIpc) is 2.61. The molecule has 1 unspecified atom stereocenters. The van der Waals surface area contributed by atoms with Crippen molar-refractivity contribution in [2.45, 2.75) is 32.2 Å². The first-order chi connectivity index (χ1) is 11.6. The Morgan fingerprint density at radius 1 is 1.33 bits per heavy atom. The highest BCUT2D eigenvalue weighted by atomic mass is 16.1. The maximum Gasteiger partial charge on any atom is 0.271 e. The van der Waals surface area contributed by atoms with E-state index in [1.54, 1.807) is 12.4 Å². The van der Waals surface area contributed by atoms with Gasteiger partial charge in [-0.25, -0.2) is 4.98 Å². The molecule has 5 heteroatoms. The number of likely N-dealkylation sites (N-methyl/N-ethyl adjacent to an activating group) is 1. The summed E-state index contributed by atoms with van der Waals surface area (Å²) in [5.41, 5.74) is 3.60. The molecule has 1 fully saturated rings. The normalized spacial score (nSPS) is 18.3. The highest BCUT2D eigenvalue weighted by molar-refractivity contribution is 5.91. The van der Waals surface area contributed by atoms with Crippen LogP contribution in [-0.2, 0) is 6.54 Å². The third kappa shape index (κ3) is 3.97. The van der Waals surface area contributed by atoms with Crippen molar-refractivity contribution in [1.82, 2.24) is 20.2 Å². The van der Waals surface area contributed by atoms with Crippen molar-refractivity contribution in [2.75, 3.05) is 20.1 Å². The Bertz CT molecular complexity index is 716. The van der Waals surface area contributed by atoms with Gasteiger partial charge in [0, 0.05) is 25.2 Å². The fraction of sp³-hybridized carbons (Fsp3) is 0.421. The molecular weight excluding hydrogens is 300 g/mol. The van der Waals surface area contributed by atoms with E-state index in [0.29, 0.717) is 18.2 Å². The fourth-order valence-corrected chi connectivity index (χ4v) is 3.17. The molecule has 0 saturated carbocycles. The van der Waals surface area contributed by atoms with Gasteiger partial charge in [-0.2, -0.15) is 0 Å². The molecule has 126 valence electrons. The van der Waals surface area contributed by atoms with Gasteiger partial charge in [-0.3, -0.25) is 9.78 Å². The number of benzene rings is 1. The molecule has 1 saturated heterocycles. The molecule has 1 atom stereocenters. The third-order valence-corrected chi connectivity index (χ3v) is 4.63. The highest BCUT2D eigenvalue weighted by Crippen LogP contribution is 2.24. The molecule has 24 heavy (non-hydrogen) atoms. The van der Waals surface area contributed by atoms with Crippen LogP contribution in [0.2, 0.25) is 0 Å². The second-order valence-corrected chi connectivity index (χ2v) is 6.54. The summed E-state index contributed by atoms with van der Waals surface area (Å²) < 4.78 is 0. The van der Waals surface area contributed by atoms with Crippen molar-refractivity contribution >= 4 is 5.91 Å². The van der Waals surface area contributed by atoms with Crippen LogP contribution in [0.25, 0.3) is 0 Å². The molecule has 0 bridgehead atoms. The van der Waals surface area contributed by atoms with Gasteiger partial charge in [0.1, 0.15) is 5.69 Å². The minimum atomic E-state index is -0.170. The molecule has 3 rings (SSSR count). The van der Waals surface area contributed by atoms with Crippen LogP contribution in [0.3, 0.4) is 0 Å². The summed E-state index contributed by atoms with van der Waals surface area (Å²) in [7, 11) is 2.12. The number of nitrogens with one attached hydrogen (secondary N) is 1. The number of piperidine rings is 1. The first-order valence-electron chi connectivity index (χ1n) is 8.46. The molecule has 2 heterocycles. The van der Waals surface area contributed by atoms with Crippen LogP contribution in [0.15, 0.2) is 36.7 Å². The Morgan fingerprint density at radius 2 is 2.17 bits per heavy atom. The van der Waals surface area contributed by atoms with E-state index in [2.05, 4.69) is 27.2 Å². The maximum atomic E-state index is 12.4. The first kappa shape index (κ1) is 16.6. The molecule has 5 nitrogen and oxygen atoms in total. The lowest BCUT2D eigenvalue weighted by Gasteiger charge is -2.29. The van der Waals surface area contributed by atoms with Crippen molar-refractivity contribution < 1.29 is 4.79 Å². The molecule has 1 aliphatic heterocycles. The quantitative estimate of drug-likeness (QED) is 0.939. The third-order valence-electron chi connectivity index (χ3n) is 4.63. The van der Waals surface area contributed by atoms with E-state index in [9.17, 15) is 4.79 Å². The van der Waals surface area contributed by atoms with Crippen LogP contribution in [-0.4, -0.2) is 40.9 Å². The predicted molar refractivity (Wildman–Crippen MR) is 93.9 cm³/mol. The van der Waals surface area contributed by atoms with Gasteiger partial charge in [-0.15, -0.1) is 0 Å². The van der Waals surface area contributed by atoms with Gasteiger partial charge >= 0.3 is 0 Å². The molecule has 1 N–H and O–H groups in total. The monoisotopic (exact) mass is 324 g/mol. The zero-order valence-corrected chi connectivity index (χ0v) is 14.3. The Balaban J connectivity index is 1.67. The fourth-order valence-electron chi connectivity index (χ4n) is 3.17. The average molecular weight is 324 g/mol. The molecule has 0 radical (unpaired) electrons. The van der Waals surface area contributed by atoms with Gasteiger partial charge in [0.25, 0.3) is 5.91 Å². The number of carbonyl (C=O) groups is 1. The molecular formula is C19H24N4O. The Labute approximate surface area is 143 Å². The number of hydrogen-bond donors (Lipinski definition) is 1. The minimum absolute atomic E-state index is 0.170. The smallest absolute Gasteiger partial charge is 0.271 e. The largest absolute Gasteiger partial charge is 0.347 e. The number of rotatable bonds is 4. The lowest BCUT2D eigenvalue weighted by Crippen LogP contribution is -2.32. The van der Waals surface area contributed by atoms with Gasteiger partial charge in [0.05, 0.1) is 11.9 Å². The molecule has 0 spiro atoms. The van der Waals surface area contributed by atoms with E-state index >= 15 is 0 Å². The molecule has 0 aliphatic carbocycles. The number of hydrogen-bond acceptors (Lipinski definition) is 4. The molecule has 2 aromatic rings. The maximum absolute atomic E-state index is 12.4. The molecule has 1 aromatic carbocycles. The van der Waals surface area contributed by atoms with E-state index in [-0.39, 0.29) is 5.91 Å². The van der Waals surface area contributed by atoms with E-state index in [1.165, 1.54) is 5.56 Å². The number of amides is 1. The Morgan fingerprint density at radius 3 is 2.96 bits per heavy atom. The van der Waals surface area contributed by atoms with Crippen molar-refractivity contribution in [3.63, 3.8) is 0 Å². The van der Waals surface area contributed by atoms with Crippen LogP contribution < -0.4 is 5.32 Å². The van der Waals surface area contributed by atoms with Gasteiger partial charge < -0.3 is 10.2 Å². The lowest BCUT2D eigenvalue weighted by atomic mass is 9.95. The minimum Gasteiger partial charge on any atom is -0.347 e. The van der Waals surface area contributed by atoms with Gasteiger partial charge in [0.2, 0.25) is 0 Å². The van der Waals surface area contributed by atoms with Crippen molar-refractivity contribution in [3.8, 4) is 0 Å². The van der Waals surface area contributed by atoms with Gasteiger partial charge in [-0.1, -0.05) is 24.3 Å². The van der Waals surface area contributed by atoms with E-state index < -0.39 is 0 Å². The second kappa shape index (κ2) is 7.53. The summed E-state index contributed by atoms with van der Waals surface area (Å²) in [5.74, 6) is 0.192. The number of nitrogens with zero attached hydrogens (tertiary/aromatic N) is 3. The van der Waals surface area contributed by atoms with Crippen LogP contribution >= 0.6 is 0 Å². The topological polar surface area (TPSA) is 58.1 Å². The number of likely N-dealkylation sites (tertiary alicyclic amines) is 1. The molecule has 1 amide bonds. The zero-order valence-electron chi connectivity index (χ0n) is 14.3. The van der Waals surface area contributed by atoms with E-state index in [0.717, 1.165) is 37.2 Å². The van der Waals surface area contributed by atoms with Crippen LogP contribution in [0.5, 0.6) is 0 Å². The zero-order chi connectivity index (χ0) is 16.9. The van der Waals surface area contributed by atoms with Crippen molar-refractivity contribution in [1.29, 1.82) is 0 Å². The summed E-state index contributed by atoms with van der Waals surface area (Å²) in [6.07, 6.45) is 5.60. The summed E-state index contributed by atoms with van der Waals surface area (Å²) >= 11 is 0. The number of aryl methyl sites for hydroxylation is 1. The second-order valence-electron chi connectivity index (χ2n) is 6.54. The van der Waals surface area contributed by atoms with Crippen molar-refractivity contribution in [2.24, 2.45) is 0 Å². The summed E-state index contributed by atoms with van der Waals surface area (Å²) in [4.78, 5) is 23.5. The Kier molecular flexibility index (Phi) is 5.20. The van der Waals surface area contributed by atoms with E-state index in [4.69, 9.17) is 0 Å². The molecule has 1 aliphatic rings. The van der Waals surface area contributed by atoms with Crippen LogP contribution in [0.4, 0.5) is 0 Å². The standard InChI is InChI=1S/C19H24N4O/c1-14-6-3-4-7-15(14)10-21-19(24)18-12-20-11-17(22-18)16-8-5-9-23(2)13-16/h3-4,6-7,11-12,16H,5,8-10,13H2,1-2H3,(H,21,24). The predicted octanol–water partition coefficient (Wildman–Crippen LogP) is 2.52. The van der Waals surface area contributed by atoms with E-state index in [1.807, 2.05) is 31.2 Å². The first-order valence-corrected chi connectivity index (χ1v) is 8.46. The highest BCUT2D eigenvalue weighted by Gasteiger charge is 2.21.